The minimum absolute atomic E-state index is 0.0294. The largest absolute Gasteiger partial charge is 0.494 e. The zero-order chi connectivity index (χ0) is 55.3. The van der Waals surface area contributed by atoms with Gasteiger partial charge in [0, 0.05) is 12.8 Å². The highest BCUT2D eigenvalue weighted by Gasteiger charge is 2.40. The summed E-state index contributed by atoms with van der Waals surface area (Å²) in [6, 6.07) is 7.53. The van der Waals surface area contributed by atoms with E-state index in [4.69, 9.17) is 0 Å². The summed E-state index contributed by atoms with van der Waals surface area (Å²) in [5, 5.41) is 39.4. The first kappa shape index (κ1) is 57.6. The maximum absolute atomic E-state index is 13.7. The molecule has 4 heterocycles. The lowest BCUT2D eigenvalue weighted by molar-refractivity contribution is -0.129. The van der Waals surface area contributed by atoms with Gasteiger partial charge in [0.15, 0.2) is 0 Å². The van der Waals surface area contributed by atoms with E-state index in [1.807, 2.05) is 0 Å². The second-order valence-electron chi connectivity index (χ2n) is 16.8. The summed E-state index contributed by atoms with van der Waals surface area (Å²) in [5.74, 6) is -6.91. The van der Waals surface area contributed by atoms with Crippen LogP contribution in [-0.4, -0.2) is 160 Å². The number of aromatic amines is 1. The van der Waals surface area contributed by atoms with Crippen molar-refractivity contribution in [1.82, 2.24) is 31.2 Å². The van der Waals surface area contributed by atoms with Gasteiger partial charge < -0.3 is 56.0 Å². The third kappa shape index (κ3) is 14.9. The molecule has 2 aliphatic rings. The first-order chi connectivity index (χ1) is 35.6. The molecule has 4 aromatic rings. The van der Waals surface area contributed by atoms with Gasteiger partial charge in [-0.25, -0.2) is 4.98 Å². The van der Waals surface area contributed by atoms with Gasteiger partial charge in [-0.05, 0) is 52.0 Å². The lowest BCUT2D eigenvalue weighted by Crippen LogP contribution is -2.55. The highest BCUT2D eigenvalue weighted by Crippen LogP contribution is 2.34. The number of nitrogens with one attached hydrogen (secondary N) is 5. The Labute approximate surface area is 434 Å². The molecule has 26 nitrogen and oxygen atoms in total. The Morgan fingerprint density at radius 1 is 0.693 bits per heavy atom. The number of aromatic nitrogens is 2. The quantitative estimate of drug-likeness (QED) is 0.0475. The summed E-state index contributed by atoms with van der Waals surface area (Å²) >= 11 is 1.76. The van der Waals surface area contributed by atoms with E-state index in [0.717, 1.165) is 26.0 Å². The lowest BCUT2D eigenvalue weighted by atomic mass is 10.1. The van der Waals surface area contributed by atoms with Crippen LogP contribution in [0.3, 0.4) is 0 Å². The summed E-state index contributed by atoms with van der Waals surface area (Å²) in [4.78, 5) is 171. The van der Waals surface area contributed by atoms with Crippen LogP contribution in [0.2, 0.25) is 0 Å². The number of thiazole rings is 2. The number of rotatable bonds is 19. The third-order valence-electron chi connectivity index (χ3n) is 11.1. The number of aldehydes is 2. The first-order valence-electron chi connectivity index (χ1n) is 22.7. The monoisotopic (exact) mass is 1080 g/mol. The normalized spacial score (nSPS) is 15.8. The Morgan fingerprint density at radius 2 is 1.13 bits per heavy atom. The second kappa shape index (κ2) is 26.0. The minimum Gasteiger partial charge on any atom is -0.494 e. The molecule has 0 bridgehead atoms. The molecule has 75 heavy (non-hydrogen) atoms. The number of fused-ring (bicyclic) bond motifs is 2. The molecule has 4 atom stereocenters. The smallest absolute Gasteiger partial charge is 0.307 e. The Balaban J connectivity index is 0.000000277. The average Bonchev–Trinajstić information content (AvgIpc) is 3.82. The fourth-order valence-corrected chi connectivity index (χ4v) is 9.41. The number of aryl methyl sites for hydroxylation is 2. The number of carbonyl (C=O) groups is 12. The molecule has 398 valence electrons. The maximum atomic E-state index is 13.7. The van der Waals surface area contributed by atoms with Gasteiger partial charge in [-0.3, -0.25) is 67.5 Å². The van der Waals surface area contributed by atoms with Gasteiger partial charge in [0.25, 0.3) is 29.5 Å². The van der Waals surface area contributed by atoms with Crippen molar-refractivity contribution in [2.24, 2.45) is 0 Å². The van der Waals surface area contributed by atoms with Crippen molar-refractivity contribution in [1.29, 1.82) is 0 Å². The summed E-state index contributed by atoms with van der Waals surface area (Å²) in [6.07, 6.45) is -0.0684. The molecule has 0 radical (unpaired) electrons. The fraction of sp³-hybridized carbons (Fsp3) is 0.362. The summed E-state index contributed by atoms with van der Waals surface area (Å²) < 4.78 is 0. The van der Waals surface area contributed by atoms with Crippen LogP contribution < -0.4 is 45.7 Å². The van der Waals surface area contributed by atoms with E-state index in [0.29, 0.717) is 39.5 Å². The van der Waals surface area contributed by atoms with Crippen LogP contribution in [0.25, 0.3) is 0 Å². The molecule has 2 aliphatic heterocycles. The van der Waals surface area contributed by atoms with Crippen LogP contribution in [-0.2, 0) is 59.2 Å². The number of ketones is 2. The highest BCUT2D eigenvalue weighted by molar-refractivity contribution is 7.13. The zero-order valence-electron chi connectivity index (χ0n) is 40.6. The maximum Gasteiger partial charge on any atom is 0.307 e. The Bertz CT molecular complexity index is 2950. The second-order valence-corrected chi connectivity index (χ2v) is 19.1. The first-order valence-corrected chi connectivity index (χ1v) is 24.3. The molecule has 0 aliphatic carbocycles. The standard InChI is InChI=1S/C24H27N5O7S.C23H25N5O9S/c1-13(32)8-16(11-30)26-20(33)10-29-19-7-5-4-6-18(19)28(21(34)12-31)9-17(24(29)36)27-23(35)22-14(2)25-15(3)37-22;1-12(31)6-13(10-29)24-19(33)9-28-16-5-3-2-4-15(16)27(20(34)11-30)8-14(22(28)36)25-18(32)7-17-21(35)26-23(37)38-17/h4-7,11,16-17,31H,8-10,12H2,1-3H3,(H,26,33)(H,27,35);2-5,10,13-14,30,35H,6-9,11H2,1H3,(H,24,33)(H,25,32)(H,26,37)/t16-,17-;13-,14-/m00/s1. The molecule has 0 unspecified atom stereocenters. The van der Waals surface area contributed by atoms with Crippen LogP contribution in [0, 0.1) is 13.8 Å². The van der Waals surface area contributed by atoms with Crippen LogP contribution in [0.5, 0.6) is 5.88 Å². The van der Waals surface area contributed by atoms with E-state index in [9.17, 15) is 77.6 Å². The summed E-state index contributed by atoms with van der Waals surface area (Å²) in [7, 11) is 0. The van der Waals surface area contributed by atoms with Crippen molar-refractivity contribution in [3.63, 3.8) is 0 Å². The highest BCUT2D eigenvalue weighted by atomic mass is 32.1. The number of aromatic hydroxyl groups is 1. The van der Waals surface area contributed by atoms with Crippen molar-refractivity contribution in [3.05, 3.63) is 78.7 Å². The zero-order valence-corrected chi connectivity index (χ0v) is 42.3. The van der Waals surface area contributed by atoms with Gasteiger partial charge in [0.1, 0.15) is 67.4 Å². The number of hydrogen-bond acceptors (Lipinski definition) is 19. The number of para-hydroxylation sites is 4. The van der Waals surface area contributed by atoms with Crippen LogP contribution >= 0.6 is 22.7 Å². The molecule has 2 aromatic carbocycles. The molecule has 0 fully saturated rings. The fourth-order valence-electron chi connectivity index (χ4n) is 7.86. The average molecular weight is 1080 g/mol. The number of Topliss-reactive ketones (excluding diaryl/α,β-unsaturated/α-hetero) is 2. The lowest BCUT2D eigenvalue weighted by Gasteiger charge is -2.25. The SMILES string of the molecule is CC(=O)C[C@@H](C=O)NC(=O)CN1C(=O)[C@@H](NC(=O)Cc2sc(=O)[nH]c2O)CN(C(=O)CO)c2ccccc21.CC(=O)C[C@@H](C=O)NC(=O)CN1C(=O)[C@@H](NC(=O)c2sc(C)nc2C)CN(C(=O)CO)c2ccccc21. The Hall–Kier alpha value is -8.34. The minimum atomic E-state index is -1.39. The summed E-state index contributed by atoms with van der Waals surface area (Å²) in [6.45, 7) is 2.33. The molecule has 6 rings (SSSR count). The number of amides is 8. The molecular weight excluding hydrogens is 1020 g/mol. The molecule has 0 saturated heterocycles. The predicted octanol–water partition coefficient (Wildman–Crippen LogP) is -1.90. The summed E-state index contributed by atoms with van der Waals surface area (Å²) in [5.41, 5.74) is 1.23. The van der Waals surface area contributed by atoms with Crippen molar-refractivity contribution < 1.29 is 72.9 Å². The number of benzene rings is 2. The van der Waals surface area contributed by atoms with E-state index in [-0.39, 0.29) is 58.6 Å². The number of H-pyrrole nitrogens is 1. The van der Waals surface area contributed by atoms with Crippen LogP contribution in [0.15, 0.2) is 53.3 Å². The van der Waals surface area contributed by atoms with Crippen LogP contribution in [0.4, 0.5) is 22.7 Å². The van der Waals surface area contributed by atoms with E-state index in [1.165, 1.54) is 36.9 Å². The molecule has 28 heteroatoms. The Kier molecular flexibility index (Phi) is 20.0. The number of carbonyl (C=O) groups excluding carboxylic acids is 12. The van der Waals surface area contributed by atoms with Crippen molar-refractivity contribution >= 4 is 117 Å². The van der Waals surface area contributed by atoms with Gasteiger partial charge in [0.2, 0.25) is 23.6 Å². The number of hydrogen-bond donors (Lipinski definition) is 8. The van der Waals surface area contributed by atoms with Crippen molar-refractivity contribution in [2.75, 3.05) is 59.0 Å². The van der Waals surface area contributed by atoms with Crippen molar-refractivity contribution in [2.45, 2.75) is 71.1 Å². The Morgan fingerprint density at radius 3 is 1.51 bits per heavy atom. The van der Waals surface area contributed by atoms with Crippen LogP contribution in [0.1, 0.15) is 51.9 Å². The van der Waals surface area contributed by atoms with E-state index >= 15 is 0 Å². The van der Waals surface area contributed by atoms with E-state index < -0.39 is 121 Å². The molecule has 2 aromatic heterocycles. The van der Waals surface area contributed by atoms with Gasteiger partial charge in [-0.15, -0.1) is 11.3 Å². The molecule has 0 spiro atoms. The van der Waals surface area contributed by atoms with Gasteiger partial charge in [-0.1, -0.05) is 35.6 Å². The third-order valence-corrected chi connectivity index (χ3v) is 13.0. The number of aliphatic hydroxyl groups is 2. The molecule has 8 N–H and O–H groups in total. The molecule has 8 amide bonds. The topological polar surface area (TPSA) is 372 Å². The number of anilines is 4. The van der Waals surface area contributed by atoms with E-state index in [2.05, 4.69) is 31.2 Å². The van der Waals surface area contributed by atoms with Gasteiger partial charge in [0.05, 0.1) is 69.9 Å². The number of aliphatic hydroxyl groups excluding tert-OH is 2. The van der Waals surface area contributed by atoms with E-state index in [1.54, 1.807) is 44.2 Å². The molecular formula is C47H52N10O16S2. The van der Waals surface area contributed by atoms with Crippen molar-refractivity contribution in [3.8, 4) is 5.88 Å². The van der Waals surface area contributed by atoms with Gasteiger partial charge >= 0.3 is 4.87 Å². The van der Waals surface area contributed by atoms with Gasteiger partial charge in [-0.2, -0.15) is 0 Å². The number of nitrogens with zero attached hydrogens (tertiary/aromatic N) is 5. The predicted molar refractivity (Wildman–Crippen MR) is 268 cm³/mol. The molecule has 0 saturated carbocycles.